The molecule has 3 aliphatic heterocycles. The molecule has 12 N–H and O–H groups in total. The van der Waals surface area contributed by atoms with Gasteiger partial charge in [-0.15, -0.1) is 0 Å². The molecule has 15 unspecified atom stereocenters. The van der Waals surface area contributed by atoms with Crippen LogP contribution in [0.2, 0.25) is 0 Å². The van der Waals surface area contributed by atoms with Gasteiger partial charge in [0.15, 0.2) is 48.0 Å². The van der Waals surface area contributed by atoms with Gasteiger partial charge in [0, 0.05) is 6.42 Å². The zero-order chi connectivity index (χ0) is 40.1. The van der Waals surface area contributed by atoms with Crippen molar-refractivity contribution >= 4 is 5.97 Å². The van der Waals surface area contributed by atoms with Gasteiger partial charge in [-0.1, -0.05) is 12.1 Å². The van der Waals surface area contributed by atoms with Crippen LogP contribution >= 0.6 is 0 Å². The Labute approximate surface area is 313 Å². The van der Waals surface area contributed by atoms with Crippen LogP contribution in [0.1, 0.15) is 24.5 Å². The maximum absolute atomic E-state index is 13.4. The molecule has 0 spiro atoms. The number of aliphatic hydroxyl groups excluding tert-OH is 8. The van der Waals surface area contributed by atoms with Crippen molar-refractivity contribution in [3.8, 4) is 23.0 Å². The molecule has 3 aliphatic rings. The van der Waals surface area contributed by atoms with Crippen molar-refractivity contribution in [2.24, 2.45) is 0 Å². The van der Waals surface area contributed by atoms with Gasteiger partial charge in [-0.05, 0) is 55.2 Å². The maximum Gasteiger partial charge on any atom is 0.306 e. The number of hydrogen-bond acceptors (Lipinski definition) is 20. The van der Waals surface area contributed by atoms with Crippen molar-refractivity contribution in [2.45, 2.75) is 118 Å². The fourth-order valence-corrected chi connectivity index (χ4v) is 6.34. The van der Waals surface area contributed by atoms with Crippen molar-refractivity contribution in [3.63, 3.8) is 0 Å². The van der Waals surface area contributed by atoms with Crippen molar-refractivity contribution in [1.29, 1.82) is 0 Å². The average molecular weight is 789 g/mol. The second kappa shape index (κ2) is 18.7. The quantitative estimate of drug-likeness (QED) is 0.0660. The highest BCUT2D eigenvalue weighted by Gasteiger charge is 2.53. The van der Waals surface area contributed by atoms with Gasteiger partial charge in [0.1, 0.15) is 61.0 Å². The van der Waals surface area contributed by atoms with Crippen molar-refractivity contribution in [3.05, 3.63) is 47.5 Å². The van der Waals surface area contributed by atoms with Gasteiger partial charge in [-0.25, -0.2) is 0 Å². The van der Waals surface area contributed by atoms with E-state index in [1.165, 1.54) is 43.3 Å². The van der Waals surface area contributed by atoms with E-state index in [9.17, 15) is 66.1 Å². The zero-order valence-corrected chi connectivity index (χ0v) is 29.5. The van der Waals surface area contributed by atoms with Crippen LogP contribution in [0, 0.1) is 0 Å². The summed E-state index contributed by atoms with van der Waals surface area (Å²) < 4.78 is 40.4. The number of aromatic hydroxyl groups is 4. The van der Waals surface area contributed by atoms with Crippen LogP contribution in [0.3, 0.4) is 0 Å². The van der Waals surface area contributed by atoms with E-state index in [1.54, 1.807) is 0 Å². The first-order valence-electron chi connectivity index (χ1n) is 17.5. The Morgan fingerprint density at radius 1 is 0.618 bits per heavy atom. The molecule has 0 bridgehead atoms. The Kier molecular flexibility index (Phi) is 14.5. The summed E-state index contributed by atoms with van der Waals surface area (Å²) >= 11 is 0. The van der Waals surface area contributed by atoms with Crippen LogP contribution in [-0.2, 0) is 50.8 Å². The van der Waals surface area contributed by atoms with Crippen LogP contribution in [0.25, 0.3) is 0 Å². The largest absolute Gasteiger partial charge is 0.504 e. The Morgan fingerprint density at radius 3 is 1.80 bits per heavy atom. The van der Waals surface area contributed by atoms with Crippen molar-refractivity contribution in [1.82, 2.24) is 0 Å². The van der Waals surface area contributed by atoms with Crippen LogP contribution in [0.4, 0.5) is 0 Å². The highest BCUT2D eigenvalue weighted by Crippen LogP contribution is 2.33. The zero-order valence-electron chi connectivity index (χ0n) is 29.5. The molecular formula is C35H48O20. The first-order chi connectivity index (χ1) is 26.1. The predicted molar refractivity (Wildman–Crippen MR) is 179 cm³/mol. The number of hydrogen-bond donors (Lipinski definition) is 12. The predicted octanol–water partition coefficient (Wildman–Crippen LogP) is -3.27. The number of phenols is 4. The van der Waals surface area contributed by atoms with Gasteiger partial charge in [0.2, 0.25) is 0 Å². The Morgan fingerprint density at radius 2 is 1.18 bits per heavy atom. The summed E-state index contributed by atoms with van der Waals surface area (Å²) in [6.07, 6.45) is -24.8. The van der Waals surface area contributed by atoms with Crippen LogP contribution < -0.4 is 0 Å². The van der Waals surface area contributed by atoms with E-state index in [1.807, 2.05) is 0 Å². The van der Waals surface area contributed by atoms with E-state index in [0.717, 1.165) is 0 Å². The van der Waals surface area contributed by atoms with Gasteiger partial charge in [0.25, 0.3) is 0 Å². The van der Waals surface area contributed by atoms with Gasteiger partial charge in [-0.2, -0.15) is 0 Å². The molecule has 2 aromatic rings. The molecule has 3 heterocycles. The fourth-order valence-electron chi connectivity index (χ4n) is 6.34. The Balaban J connectivity index is 1.41. The van der Waals surface area contributed by atoms with Crippen molar-refractivity contribution < 1.29 is 99.2 Å². The van der Waals surface area contributed by atoms with Gasteiger partial charge < -0.3 is 94.4 Å². The molecule has 0 aromatic heterocycles. The molecule has 2 aromatic carbocycles. The van der Waals surface area contributed by atoms with Crippen LogP contribution in [0.15, 0.2) is 36.4 Å². The molecule has 55 heavy (non-hydrogen) atoms. The number of carbonyl (C=O) groups excluding carboxylic acids is 1. The second-order valence-electron chi connectivity index (χ2n) is 13.6. The van der Waals surface area contributed by atoms with Gasteiger partial charge in [0.05, 0.1) is 25.9 Å². The smallest absolute Gasteiger partial charge is 0.306 e. The number of ether oxygens (including phenoxy) is 7. The van der Waals surface area contributed by atoms with E-state index in [2.05, 4.69) is 0 Å². The molecular weight excluding hydrogens is 740 g/mol. The van der Waals surface area contributed by atoms with Crippen LogP contribution in [0.5, 0.6) is 23.0 Å². The Bertz CT molecular complexity index is 1560. The number of carbonyl (C=O) groups is 1. The minimum atomic E-state index is -1.87. The SMILES string of the molecule is CC1OC(OC2C(O)C(OCCc3ccc(O)c(O)c3)OC(COC3OC(CO)C(O)C(O)C3O)C2OC(=O)CCc2ccc(O)c(O)c2)C(O)C(O)C1O. The molecule has 3 saturated heterocycles. The lowest BCUT2D eigenvalue weighted by Gasteiger charge is -2.47. The second-order valence-corrected chi connectivity index (χ2v) is 13.6. The molecule has 15 atom stereocenters. The number of aliphatic hydroxyl groups is 8. The van der Waals surface area contributed by atoms with E-state index in [-0.39, 0.29) is 43.1 Å². The van der Waals surface area contributed by atoms with E-state index < -0.39 is 117 Å². The number of phenolic OH excluding ortho intramolecular Hbond substituents is 4. The molecule has 308 valence electrons. The molecule has 0 aliphatic carbocycles. The number of esters is 1. The number of aryl methyl sites for hydroxylation is 1. The molecule has 3 fully saturated rings. The first kappa shape index (κ1) is 42.7. The van der Waals surface area contributed by atoms with E-state index in [0.29, 0.717) is 11.1 Å². The van der Waals surface area contributed by atoms with E-state index in [4.69, 9.17) is 33.2 Å². The van der Waals surface area contributed by atoms with Gasteiger partial charge >= 0.3 is 5.97 Å². The average Bonchev–Trinajstić information content (AvgIpc) is 3.16. The molecule has 5 rings (SSSR count). The maximum atomic E-state index is 13.4. The summed E-state index contributed by atoms with van der Waals surface area (Å²) in [6.45, 7) is -0.202. The highest BCUT2D eigenvalue weighted by molar-refractivity contribution is 5.70. The van der Waals surface area contributed by atoms with Gasteiger partial charge in [-0.3, -0.25) is 4.79 Å². The summed E-state index contributed by atoms with van der Waals surface area (Å²) in [5, 5.41) is 123. The third kappa shape index (κ3) is 10.1. The minimum absolute atomic E-state index is 0.00492. The van der Waals surface area contributed by atoms with Crippen LogP contribution in [-0.4, -0.2) is 179 Å². The topological polar surface area (TPSA) is 324 Å². The monoisotopic (exact) mass is 788 g/mol. The highest BCUT2D eigenvalue weighted by atomic mass is 16.8. The first-order valence-corrected chi connectivity index (χ1v) is 17.5. The molecule has 0 saturated carbocycles. The summed E-state index contributed by atoms with van der Waals surface area (Å²) in [7, 11) is 0. The van der Waals surface area contributed by atoms with Crippen molar-refractivity contribution in [2.75, 3.05) is 19.8 Å². The lowest BCUT2D eigenvalue weighted by molar-refractivity contribution is -0.364. The number of rotatable bonds is 14. The number of benzene rings is 2. The summed E-state index contributed by atoms with van der Waals surface area (Å²) in [5.74, 6) is -2.43. The standard InChI is InChI=1S/C35H48O20/c1-14-24(42)26(44)29(47)35(51-14)55-32-30(48)34(49-9-8-16-3-6-18(38)20(40)11-16)53-22(13-50-33-28(46)27(45)25(43)21(12-36)52-33)31(32)54-23(41)7-4-15-2-5-17(37)19(39)10-15/h2-3,5-6,10-11,14,21-22,24-40,42-48H,4,7-9,12-13H2,1H3. The lowest BCUT2D eigenvalue weighted by atomic mass is 9.96. The third-order valence-corrected chi connectivity index (χ3v) is 9.63. The fraction of sp³-hybridized carbons (Fsp3) is 0.629. The summed E-state index contributed by atoms with van der Waals surface area (Å²) in [5.41, 5.74) is 0.961. The normalized spacial score (nSPS) is 36.7. The van der Waals surface area contributed by atoms with E-state index >= 15 is 0 Å². The lowest BCUT2D eigenvalue weighted by Crippen LogP contribution is -2.65. The summed E-state index contributed by atoms with van der Waals surface area (Å²) in [6, 6.07) is 7.99. The Hall–Kier alpha value is -3.45. The third-order valence-electron chi connectivity index (χ3n) is 9.63. The molecule has 20 nitrogen and oxygen atoms in total. The summed E-state index contributed by atoms with van der Waals surface area (Å²) in [4.78, 5) is 13.4. The minimum Gasteiger partial charge on any atom is -0.504 e. The molecule has 0 radical (unpaired) electrons. The molecule has 20 heteroatoms. The molecule has 0 amide bonds.